The normalized spacial score (nSPS) is 12.5. The number of nitrogens with zero attached hydrogens (tertiary/aromatic N) is 3. The summed E-state index contributed by atoms with van der Waals surface area (Å²) in [6.45, 7) is 8.55. The maximum atomic E-state index is 14.5. The van der Waals surface area contributed by atoms with E-state index in [1.165, 1.54) is 28.2 Å². The molecule has 4 aromatic rings. The highest BCUT2D eigenvalue weighted by Crippen LogP contribution is 2.47. The number of hydrogen-bond acceptors (Lipinski definition) is 9. The molecule has 10 nitrogen and oxygen atoms in total. The van der Waals surface area contributed by atoms with Crippen LogP contribution in [0.25, 0.3) is 0 Å². The molecule has 0 spiro atoms. The first-order chi connectivity index (χ1) is 26.7. The van der Waals surface area contributed by atoms with E-state index in [2.05, 4.69) is 38.2 Å². The van der Waals surface area contributed by atoms with Crippen molar-refractivity contribution in [2.45, 2.75) is 53.4 Å². The molecule has 10 heteroatoms. The maximum Gasteiger partial charge on any atom is 0.343 e. The molecule has 0 saturated heterocycles. The summed E-state index contributed by atoms with van der Waals surface area (Å²) in [4.78, 5) is 46.9. The number of esters is 2. The number of nitrogens with one attached hydrogen (secondary N) is 1. The second-order valence-electron chi connectivity index (χ2n) is 14.7. The van der Waals surface area contributed by atoms with E-state index in [0.717, 1.165) is 42.6 Å². The Morgan fingerprint density at radius 3 is 1.79 bits per heavy atom. The molecule has 56 heavy (non-hydrogen) atoms. The lowest BCUT2D eigenvalue weighted by atomic mass is 10.1. The molecule has 5 rings (SSSR count). The molecule has 1 aliphatic heterocycles. The molecule has 0 radical (unpaired) electrons. The monoisotopic (exact) mass is 756 g/mol. The van der Waals surface area contributed by atoms with Gasteiger partial charge in [-0.3, -0.25) is 4.79 Å². The second kappa shape index (κ2) is 18.4. The van der Waals surface area contributed by atoms with Gasteiger partial charge in [0.1, 0.15) is 11.4 Å². The Morgan fingerprint density at radius 2 is 1.23 bits per heavy atom. The number of fused-ring (bicyclic) bond motifs is 2. The minimum absolute atomic E-state index is 0.0119. The van der Waals surface area contributed by atoms with Gasteiger partial charge in [0.2, 0.25) is 0 Å². The van der Waals surface area contributed by atoms with Gasteiger partial charge >= 0.3 is 11.9 Å². The fraction of sp³-hybridized carbons (Fsp3) is 0.283. The summed E-state index contributed by atoms with van der Waals surface area (Å²) in [5.41, 5.74) is 7.16. The molecule has 1 amide bonds. The van der Waals surface area contributed by atoms with E-state index in [0.29, 0.717) is 11.1 Å². The summed E-state index contributed by atoms with van der Waals surface area (Å²) in [7, 11) is 7.63. The molecule has 0 aliphatic carbocycles. The maximum absolute atomic E-state index is 14.5. The van der Waals surface area contributed by atoms with Crippen molar-refractivity contribution < 1.29 is 29.0 Å². The van der Waals surface area contributed by atoms with Gasteiger partial charge in [0.05, 0.1) is 28.1 Å². The number of benzene rings is 4. The zero-order valence-electron chi connectivity index (χ0n) is 33.6. The van der Waals surface area contributed by atoms with Crippen molar-refractivity contribution in [1.29, 1.82) is 0 Å². The van der Waals surface area contributed by atoms with E-state index in [-0.39, 0.29) is 46.4 Å². The highest BCUT2D eigenvalue weighted by Gasteiger charge is 2.32. The second-order valence-corrected chi connectivity index (χ2v) is 14.7. The fourth-order valence-electron chi connectivity index (χ4n) is 6.18. The minimum Gasteiger partial charge on any atom is -0.508 e. The molecule has 4 aromatic carbocycles. The smallest absolute Gasteiger partial charge is 0.343 e. The highest BCUT2D eigenvalue weighted by atomic mass is 16.5. The van der Waals surface area contributed by atoms with Crippen LogP contribution in [-0.4, -0.2) is 57.7 Å². The topological polar surface area (TPSA) is 112 Å². The number of carbonyl (C=O) groups excluding carboxylic acids is 3. The van der Waals surface area contributed by atoms with E-state index in [1.807, 2.05) is 63.1 Å². The van der Waals surface area contributed by atoms with Gasteiger partial charge < -0.3 is 34.6 Å². The number of phenolic OH excluding ortho intramolecular Hbond substituents is 1. The van der Waals surface area contributed by atoms with Gasteiger partial charge in [-0.1, -0.05) is 41.0 Å². The average Bonchev–Trinajstić information content (AvgIpc) is 3.27. The van der Waals surface area contributed by atoms with Crippen LogP contribution in [0.5, 0.6) is 17.2 Å². The van der Waals surface area contributed by atoms with Gasteiger partial charge in [-0.05, 0) is 114 Å². The molecule has 1 heterocycles. The third kappa shape index (κ3) is 10.3. The number of ether oxygens (including phenoxy) is 2. The first-order valence-corrected chi connectivity index (χ1v) is 18.7. The van der Waals surface area contributed by atoms with Crippen LogP contribution in [0.3, 0.4) is 0 Å². The summed E-state index contributed by atoms with van der Waals surface area (Å²) in [6.07, 6.45) is 10.2. The van der Waals surface area contributed by atoms with E-state index < -0.39 is 17.8 Å². The zero-order valence-corrected chi connectivity index (χ0v) is 33.6. The third-order valence-corrected chi connectivity index (χ3v) is 9.50. The van der Waals surface area contributed by atoms with Crippen molar-refractivity contribution in [3.63, 3.8) is 0 Å². The predicted octanol–water partition coefficient (Wildman–Crippen LogP) is 10.1. The number of phenols is 1. The molecule has 0 saturated carbocycles. The quantitative estimate of drug-likeness (QED) is 0.0562. The van der Waals surface area contributed by atoms with E-state index in [4.69, 9.17) is 9.47 Å². The highest BCUT2D eigenvalue weighted by molar-refractivity contribution is 6.15. The Morgan fingerprint density at radius 1 is 0.696 bits per heavy atom. The Labute approximate surface area is 330 Å². The minimum atomic E-state index is -0.659. The fourth-order valence-corrected chi connectivity index (χ4v) is 6.18. The van der Waals surface area contributed by atoms with E-state index in [1.54, 1.807) is 54.6 Å². The Balaban J connectivity index is 1.50. The van der Waals surface area contributed by atoms with Crippen LogP contribution in [0, 0.1) is 0 Å². The van der Waals surface area contributed by atoms with Crippen molar-refractivity contribution in [2.24, 2.45) is 0 Å². The Kier molecular flexibility index (Phi) is 13.4. The lowest BCUT2D eigenvalue weighted by Crippen LogP contribution is -2.30. The number of rotatable bonds is 14. The van der Waals surface area contributed by atoms with Crippen LogP contribution >= 0.6 is 0 Å². The largest absolute Gasteiger partial charge is 0.508 e. The van der Waals surface area contributed by atoms with Crippen LogP contribution < -0.4 is 29.5 Å². The first kappa shape index (κ1) is 40.9. The number of anilines is 5. The average molecular weight is 757 g/mol. The van der Waals surface area contributed by atoms with Crippen molar-refractivity contribution in [2.75, 3.05) is 54.8 Å². The molecule has 292 valence electrons. The van der Waals surface area contributed by atoms with Crippen molar-refractivity contribution in [1.82, 2.24) is 0 Å². The SMILES string of the molecule is CC(C)=CCC/C(C)=C/CC/C(C)=C/CN1C(=O)c2cccc(OC(=O)c3ccc(N(C)C)cc3)c2Nc2c(OC(=O)c3ccc(N(C)C)cc3)cc(O)cc21. The molecule has 0 aromatic heterocycles. The number of aromatic hydroxyl groups is 1. The number of para-hydroxylation sites is 1. The number of allylic oxidation sites excluding steroid dienone is 5. The lowest BCUT2D eigenvalue weighted by molar-refractivity contribution is 0.0727. The van der Waals surface area contributed by atoms with Gasteiger partial charge in [-0.2, -0.15) is 0 Å². The Hall–Kier alpha value is -6.29. The van der Waals surface area contributed by atoms with Crippen LogP contribution in [0.2, 0.25) is 0 Å². The molecule has 1 aliphatic rings. The molecule has 0 fully saturated rings. The number of hydrogen-bond donors (Lipinski definition) is 2. The van der Waals surface area contributed by atoms with Gasteiger partial charge in [0.15, 0.2) is 11.5 Å². The lowest BCUT2D eigenvalue weighted by Gasteiger charge is -2.23. The zero-order chi connectivity index (χ0) is 40.5. The van der Waals surface area contributed by atoms with Gasteiger partial charge in [-0.15, -0.1) is 0 Å². The standard InChI is InChI=1S/C46H52N4O6/c1-30(2)12-9-13-31(3)14-10-15-32(4)26-27-50-39-28-37(51)29-41(56-46(54)34-20-24-36(25-21-34)49(7)8)43(39)47-42-38(44(50)52)16-11-17-40(42)55-45(53)33-18-22-35(23-19-33)48(5)6/h11-12,14,16-26,28-29,47,51H,9-10,13,15,27H2,1-8H3/b31-14+,32-26+. The van der Waals surface area contributed by atoms with Gasteiger partial charge in [0, 0.05) is 58.2 Å². The summed E-state index contributed by atoms with van der Waals surface area (Å²) in [6, 6.07) is 21.6. The Bertz CT molecular complexity index is 2160. The van der Waals surface area contributed by atoms with Gasteiger partial charge in [0.25, 0.3) is 5.91 Å². The molecule has 0 atom stereocenters. The molecular formula is C46H52N4O6. The predicted molar refractivity (Wildman–Crippen MR) is 226 cm³/mol. The molecular weight excluding hydrogens is 705 g/mol. The van der Waals surface area contributed by atoms with Crippen molar-refractivity contribution in [3.8, 4) is 17.2 Å². The number of carbonyl (C=O) groups is 3. The summed E-state index contributed by atoms with van der Waals surface area (Å²) >= 11 is 0. The van der Waals surface area contributed by atoms with Crippen molar-refractivity contribution >= 4 is 46.3 Å². The van der Waals surface area contributed by atoms with Crippen LogP contribution in [0.15, 0.2) is 114 Å². The van der Waals surface area contributed by atoms with E-state index >= 15 is 0 Å². The number of amides is 1. The third-order valence-electron chi connectivity index (χ3n) is 9.50. The van der Waals surface area contributed by atoms with Gasteiger partial charge in [-0.25, -0.2) is 9.59 Å². The van der Waals surface area contributed by atoms with Crippen LogP contribution in [-0.2, 0) is 0 Å². The summed E-state index contributed by atoms with van der Waals surface area (Å²) in [5, 5.41) is 14.3. The molecule has 0 bridgehead atoms. The summed E-state index contributed by atoms with van der Waals surface area (Å²) < 4.78 is 11.9. The first-order valence-electron chi connectivity index (χ1n) is 18.7. The molecule has 0 unspecified atom stereocenters. The van der Waals surface area contributed by atoms with Crippen LogP contribution in [0.1, 0.15) is 84.5 Å². The van der Waals surface area contributed by atoms with E-state index in [9.17, 15) is 19.5 Å². The summed E-state index contributed by atoms with van der Waals surface area (Å²) in [5.74, 6) is -1.79. The van der Waals surface area contributed by atoms with Crippen molar-refractivity contribution in [3.05, 3.63) is 131 Å². The molecule has 2 N–H and O–H groups in total. The van der Waals surface area contributed by atoms with Crippen LogP contribution in [0.4, 0.5) is 28.4 Å².